The lowest BCUT2D eigenvalue weighted by molar-refractivity contribution is 0.429. The van der Waals surface area contributed by atoms with E-state index in [-0.39, 0.29) is 0 Å². The summed E-state index contributed by atoms with van der Waals surface area (Å²) in [6, 6.07) is 4.36. The van der Waals surface area contributed by atoms with E-state index in [2.05, 4.69) is 22.2 Å². The normalized spacial score (nSPS) is 12.8. The van der Waals surface area contributed by atoms with Crippen molar-refractivity contribution in [1.29, 1.82) is 0 Å². The largest absolute Gasteiger partial charge is 0.469 e. The van der Waals surface area contributed by atoms with Gasteiger partial charge in [-0.2, -0.15) is 0 Å². The molecule has 2 aromatic rings. The smallest absolute Gasteiger partial charge is 0.120 e. The summed E-state index contributed by atoms with van der Waals surface area (Å²) in [6.45, 7) is 2.94. The zero-order valence-electron chi connectivity index (χ0n) is 9.44. The Kier molecular flexibility index (Phi) is 3.77. The summed E-state index contributed by atoms with van der Waals surface area (Å²) in [5.74, 6) is 2.00. The Labute approximate surface area is 95.1 Å². The van der Waals surface area contributed by atoms with Crippen molar-refractivity contribution in [1.82, 2.24) is 15.3 Å². The van der Waals surface area contributed by atoms with E-state index in [0.29, 0.717) is 6.04 Å². The lowest BCUT2D eigenvalue weighted by atomic mass is 10.1. The van der Waals surface area contributed by atoms with Crippen LogP contribution in [-0.4, -0.2) is 16.0 Å². The number of nitrogens with one attached hydrogen (secondary N) is 2. The molecule has 0 aliphatic carbocycles. The van der Waals surface area contributed by atoms with E-state index in [1.165, 1.54) is 0 Å². The van der Waals surface area contributed by atoms with E-state index >= 15 is 0 Å². The number of H-pyrrole nitrogens is 1. The summed E-state index contributed by atoms with van der Waals surface area (Å²) < 4.78 is 5.34. The van der Waals surface area contributed by atoms with E-state index in [1.807, 2.05) is 18.3 Å². The number of rotatable bonds is 6. The molecule has 0 saturated heterocycles. The number of furan rings is 1. The van der Waals surface area contributed by atoms with Crippen molar-refractivity contribution in [2.75, 3.05) is 0 Å². The van der Waals surface area contributed by atoms with Crippen LogP contribution in [0, 0.1) is 0 Å². The fourth-order valence-electron chi connectivity index (χ4n) is 1.67. The summed E-state index contributed by atoms with van der Waals surface area (Å²) in [5.41, 5.74) is 0. The molecule has 0 saturated carbocycles. The third-order valence-electron chi connectivity index (χ3n) is 2.63. The Balaban J connectivity index is 1.81. The molecule has 4 heteroatoms. The van der Waals surface area contributed by atoms with Crippen molar-refractivity contribution in [3.8, 4) is 0 Å². The molecule has 2 aromatic heterocycles. The van der Waals surface area contributed by atoms with Crippen molar-refractivity contribution in [3.63, 3.8) is 0 Å². The number of aromatic amines is 1. The molecule has 2 rings (SSSR count). The Morgan fingerprint density at radius 1 is 1.56 bits per heavy atom. The van der Waals surface area contributed by atoms with Crippen LogP contribution >= 0.6 is 0 Å². The number of aromatic nitrogens is 2. The molecule has 0 bridgehead atoms. The number of nitrogens with zero attached hydrogens (tertiary/aromatic N) is 1. The monoisotopic (exact) mass is 219 g/mol. The third-order valence-corrected chi connectivity index (χ3v) is 2.63. The minimum absolute atomic E-state index is 0.427. The zero-order chi connectivity index (χ0) is 11.2. The quantitative estimate of drug-likeness (QED) is 0.782. The lowest BCUT2D eigenvalue weighted by Crippen LogP contribution is -2.30. The van der Waals surface area contributed by atoms with Gasteiger partial charge in [-0.3, -0.25) is 0 Å². The van der Waals surface area contributed by atoms with E-state index in [9.17, 15) is 0 Å². The van der Waals surface area contributed by atoms with Crippen molar-refractivity contribution in [3.05, 3.63) is 42.4 Å². The first-order chi connectivity index (χ1) is 7.88. The van der Waals surface area contributed by atoms with Gasteiger partial charge in [0.15, 0.2) is 0 Å². The molecule has 86 valence electrons. The summed E-state index contributed by atoms with van der Waals surface area (Å²) in [5, 5.41) is 3.46. The number of imidazole rings is 1. The standard InChI is InChI=1S/C12H17N3O/c1-2-10(8-11-4-3-7-16-11)15-9-12-13-5-6-14-12/h3-7,10,15H,2,8-9H2,1H3,(H,13,14). The van der Waals surface area contributed by atoms with Gasteiger partial charge in [-0.05, 0) is 18.6 Å². The summed E-state index contributed by atoms with van der Waals surface area (Å²) in [7, 11) is 0. The van der Waals surface area contributed by atoms with Crippen LogP contribution < -0.4 is 5.32 Å². The Morgan fingerprint density at radius 2 is 2.50 bits per heavy atom. The van der Waals surface area contributed by atoms with Crippen molar-refractivity contribution in [2.24, 2.45) is 0 Å². The van der Waals surface area contributed by atoms with Gasteiger partial charge in [0.25, 0.3) is 0 Å². The maximum atomic E-state index is 5.34. The highest BCUT2D eigenvalue weighted by molar-refractivity contribution is 5.00. The molecule has 2 N–H and O–H groups in total. The van der Waals surface area contributed by atoms with E-state index < -0.39 is 0 Å². The maximum Gasteiger partial charge on any atom is 0.120 e. The molecule has 1 unspecified atom stereocenters. The summed E-state index contributed by atoms with van der Waals surface area (Å²) in [6.07, 6.45) is 7.31. The van der Waals surface area contributed by atoms with Crippen LogP contribution in [0.4, 0.5) is 0 Å². The summed E-state index contributed by atoms with van der Waals surface area (Å²) >= 11 is 0. The van der Waals surface area contributed by atoms with E-state index in [0.717, 1.165) is 31.0 Å². The van der Waals surface area contributed by atoms with Gasteiger partial charge in [-0.1, -0.05) is 6.92 Å². The second kappa shape index (κ2) is 5.51. The molecule has 4 nitrogen and oxygen atoms in total. The molecule has 0 radical (unpaired) electrons. The highest BCUT2D eigenvalue weighted by atomic mass is 16.3. The first-order valence-corrected chi connectivity index (χ1v) is 5.62. The highest BCUT2D eigenvalue weighted by Gasteiger charge is 2.08. The topological polar surface area (TPSA) is 53.9 Å². The van der Waals surface area contributed by atoms with Crippen molar-refractivity contribution in [2.45, 2.75) is 32.4 Å². The minimum atomic E-state index is 0.427. The molecular formula is C12H17N3O. The van der Waals surface area contributed by atoms with Crippen LogP contribution in [0.25, 0.3) is 0 Å². The second-order valence-corrected chi connectivity index (χ2v) is 3.81. The molecule has 16 heavy (non-hydrogen) atoms. The fourth-order valence-corrected chi connectivity index (χ4v) is 1.67. The second-order valence-electron chi connectivity index (χ2n) is 3.81. The van der Waals surface area contributed by atoms with Gasteiger partial charge in [0.2, 0.25) is 0 Å². The molecule has 0 spiro atoms. The molecule has 0 aliphatic rings. The molecule has 0 aliphatic heterocycles. The molecule has 0 aromatic carbocycles. The third kappa shape index (κ3) is 2.97. The Hall–Kier alpha value is -1.55. The number of hydrogen-bond acceptors (Lipinski definition) is 3. The summed E-state index contributed by atoms with van der Waals surface area (Å²) in [4.78, 5) is 7.26. The van der Waals surface area contributed by atoms with Crippen LogP contribution in [0.5, 0.6) is 0 Å². The van der Waals surface area contributed by atoms with Crippen LogP contribution in [-0.2, 0) is 13.0 Å². The maximum absolute atomic E-state index is 5.34. The van der Waals surface area contributed by atoms with Crippen LogP contribution in [0.2, 0.25) is 0 Å². The van der Waals surface area contributed by atoms with Crippen LogP contribution in [0.15, 0.2) is 35.2 Å². The predicted octanol–water partition coefficient (Wildman–Crippen LogP) is 2.11. The molecule has 2 heterocycles. The van der Waals surface area contributed by atoms with Gasteiger partial charge < -0.3 is 14.7 Å². The van der Waals surface area contributed by atoms with Crippen molar-refractivity contribution >= 4 is 0 Å². The molecule has 1 atom stereocenters. The molecular weight excluding hydrogens is 202 g/mol. The first-order valence-electron chi connectivity index (χ1n) is 5.62. The van der Waals surface area contributed by atoms with E-state index in [1.54, 1.807) is 12.5 Å². The lowest BCUT2D eigenvalue weighted by Gasteiger charge is -2.14. The van der Waals surface area contributed by atoms with Gasteiger partial charge in [0, 0.05) is 24.9 Å². The minimum Gasteiger partial charge on any atom is -0.469 e. The Morgan fingerprint density at radius 3 is 3.12 bits per heavy atom. The van der Waals surface area contributed by atoms with Crippen LogP contribution in [0.1, 0.15) is 24.9 Å². The fraction of sp³-hybridized carbons (Fsp3) is 0.417. The molecule has 0 amide bonds. The first kappa shape index (κ1) is 11.0. The van der Waals surface area contributed by atoms with E-state index in [4.69, 9.17) is 4.42 Å². The van der Waals surface area contributed by atoms with Gasteiger partial charge in [0.1, 0.15) is 11.6 Å². The molecule has 0 fully saturated rings. The SMILES string of the molecule is CCC(Cc1ccco1)NCc1ncc[nH]1. The van der Waals surface area contributed by atoms with Crippen molar-refractivity contribution < 1.29 is 4.42 Å². The predicted molar refractivity (Wildman–Crippen MR) is 61.9 cm³/mol. The van der Waals surface area contributed by atoms with Crippen LogP contribution in [0.3, 0.4) is 0 Å². The number of hydrogen-bond donors (Lipinski definition) is 2. The van der Waals surface area contributed by atoms with Gasteiger partial charge in [-0.25, -0.2) is 4.98 Å². The average Bonchev–Trinajstić information content (AvgIpc) is 2.97. The Bertz CT molecular complexity index is 380. The zero-order valence-corrected chi connectivity index (χ0v) is 9.44. The van der Waals surface area contributed by atoms with Gasteiger partial charge >= 0.3 is 0 Å². The van der Waals surface area contributed by atoms with Gasteiger partial charge in [0.05, 0.1) is 12.8 Å². The van der Waals surface area contributed by atoms with Gasteiger partial charge in [-0.15, -0.1) is 0 Å². The average molecular weight is 219 g/mol. The highest BCUT2D eigenvalue weighted by Crippen LogP contribution is 2.06.